The van der Waals surface area contributed by atoms with Gasteiger partial charge in [-0.1, -0.05) is 13.3 Å². The Labute approximate surface area is 127 Å². The van der Waals surface area contributed by atoms with Crippen LogP contribution in [0.5, 0.6) is 0 Å². The summed E-state index contributed by atoms with van der Waals surface area (Å²) < 4.78 is 5.45. The van der Waals surface area contributed by atoms with Crippen LogP contribution in [-0.4, -0.2) is 60.3 Å². The summed E-state index contributed by atoms with van der Waals surface area (Å²) in [6, 6.07) is 0.716. The first kappa shape index (κ1) is 14.7. The molecule has 2 saturated heterocycles. The maximum Gasteiger partial charge on any atom is 0.225 e. The molecule has 0 radical (unpaired) electrons. The van der Waals surface area contributed by atoms with Crippen LogP contribution in [0.15, 0.2) is 12.4 Å². The standard InChI is InChI=1S/C16H26N4O/c1-2-3-14-12-17-16(18-13-14)20-8-6-19(7-9-20)15-4-10-21-11-5-15/h12-13,15H,2-11H2,1H3. The molecular formula is C16H26N4O. The summed E-state index contributed by atoms with van der Waals surface area (Å²) in [5.41, 5.74) is 1.24. The number of rotatable bonds is 4. The van der Waals surface area contributed by atoms with Crippen molar-refractivity contribution in [3.8, 4) is 0 Å². The van der Waals surface area contributed by atoms with Crippen LogP contribution in [0.3, 0.4) is 0 Å². The van der Waals surface area contributed by atoms with Crippen molar-refractivity contribution in [3.63, 3.8) is 0 Å². The minimum absolute atomic E-state index is 0.716. The highest BCUT2D eigenvalue weighted by Crippen LogP contribution is 2.18. The molecule has 0 spiro atoms. The molecule has 0 amide bonds. The van der Waals surface area contributed by atoms with Crippen LogP contribution >= 0.6 is 0 Å². The average Bonchev–Trinajstić information content (AvgIpc) is 2.57. The van der Waals surface area contributed by atoms with E-state index < -0.39 is 0 Å². The Morgan fingerprint density at radius 3 is 2.38 bits per heavy atom. The van der Waals surface area contributed by atoms with E-state index in [4.69, 9.17) is 4.74 Å². The lowest BCUT2D eigenvalue weighted by atomic mass is 10.1. The third kappa shape index (κ3) is 3.71. The van der Waals surface area contributed by atoms with E-state index >= 15 is 0 Å². The van der Waals surface area contributed by atoms with E-state index in [1.807, 2.05) is 12.4 Å². The van der Waals surface area contributed by atoms with Crippen LogP contribution in [-0.2, 0) is 11.2 Å². The molecule has 2 aliphatic rings. The van der Waals surface area contributed by atoms with Crippen molar-refractivity contribution in [2.45, 2.75) is 38.6 Å². The Morgan fingerprint density at radius 1 is 1.10 bits per heavy atom. The third-order valence-electron chi connectivity index (χ3n) is 4.53. The van der Waals surface area contributed by atoms with Crippen molar-refractivity contribution >= 4 is 5.95 Å². The average molecular weight is 290 g/mol. The molecule has 0 atom stereocenters. The zero-order valence-corrected chi connectivity index (χ0v) is 13.0. The minimum Gasteiger partial charge on any atom is -0.381 e. The maximum absolute atomic E-state index is 5.45. The lowest BCUT2D eigenvalue weighted by Gasteiger charge is -2.40. The van der Waals surface area contributed by atoms with Gasteiger partial charge in [-0.3, -0.25) is 4.90 Å². The predicted octanol–water partition coefficient (Wildman–Crippen LogP) is 1.73. The molecule has 0 N–H and O–H groups in total. The normalized spacial score (nSPS) is 21.7. The fraction of sp³-hybridized carbons (Fsp3) is 0.750. The Kier molecular flexibility index (Phi) is 5.04. The quantitative estimate of drug-likeness (QED) is 0.845. The smallest absolute Gasteiger partial charge is 0.225 e. The van der Waals surface area contributed by atoms with E-state index in [1.165, 1.54) is 18.4 Å². The second kappa shape index (κ2) is 7.18. The van der Waals surface area contributed by atoms with Crippen molar-refractivity contribution in [2.24, 2.45) is 0 Å². The molecule has 0 aromatic carbocycles. The molecule has 1 aromatic rings. The first-order valence-corrected chi connectivity index (χ1v) is 8.24. The molecule has 0 saturated carbocycles. The number of nitrogens with zero attached hydrogens (tertiary/aromatic N) is 4. The molecule has 0 unspecified atom stereocenters. The van der Waals surface area contributed by atoms with E-state index in [0.29, 0.717) is 6.04 Å². The summed E-state index contributed by atoms with van der Waals surface area (Å²) in [5, 5.41) is 0. The highest BCUT2D eigenvalue weighted by Gasteiger charge is 2.26. The zero-order chi connectivity index (χ0) is 14.5. The molecule has 3 heterocycles. The van der Waals surface area contributed by atoms with Gasteiger partial charge in [-0.2, -0.15) is 0 Å². The SMILES string of the molecule is CCCc1cnc(N2CCN(C3CCOCC3)CC2)nc1. The number of hydrogen-bond donors (Lipinski definition) is 0. The molecule has 0 aliphatic carbocycles. The molecule has 2 fully saturated rings. The summed E-state index contributed by atoms with van der Waals surface area (Å²) in [4.78, 5) is 14.0. The molecular weight excluding hydrogens is 264 g/mol. The second-order valence-electron chi connectivity index (χ2n) is 6.01. The fourth-order valence-electron chi connectivity index (χ4n) is 3.27. The largest absolute Gasteiger partial charge is 0.381 e. The van der Waals surface area contributed by atoms with Crippen molar-refractivity contribution < 1.29 is 4.74 Å². The zero-order valence-electron chi connectivity index (χ0n) is 13.0. The molecule has 5 nitrogen and oxygen atoms in total. The molecule has 116 valence electrons. The van der Waals surface area contributed by atoms with Crippen LogP contribution in [0, 0.1) is 0 Å². The summed E-state index contributed by atoms with van der Waals surface area (Å²) >= 11 is 0. The highest BCUT2D eigenvalue weighted by atomic mass is 16.5. The molecule has 5 heteroatoms. The third-order valence-corrected chi connectivity index (χ3v) is 4.53. The number of aryl methyl sites for hydroxylation is 1. The molecule has 21 heavy (non-hydrogen) atoms. The molecule has 2 aliphatic heterocycles. The van der Waals surface area contributed by atoms with Crippen molar-refractivity contribution in [1.82, 2.24) is 14.9 Å². The lowest BCUT2D eigenvalue weighted by Crippen LogP contribution is -2.52. The van der Waals surface area contributed by atoms with E-state index in [1.54, 1.807) is 0 Å². The van der Waals surface area contributed by atoms with Crippen LogP contribution < -0.4 is 4.90 Å². The van der Waals surface area contributed by atoms with E-state index in [0.717, 1.165) is 58.2 Å². The number of anilines is 1. The summed E-state index contributed by atoms with van der Waals surface area (Å²) in [7, 11) is 0. The second-order valence-corrected chi connectivity index (χ2v) is 6.01. The van der Waals surface area contributed by atoms with Gasteiger partial charge in [0.05, 0.1) is 0 Å². The lowest BCUT2D eigenvalue weighted by molar-refractivity contribution is 0.0320. The Morgan fingerprint density at radius 2 is 1.76 bits per heavy atom. The van der Waals surface area contributed by atoms with E-state index in [-0.39, 0.29) is 0 Å². The van der Waals surface area contributed by atoms with Gasteiger partial charge in [0.2, 0.25) is 5.95 Å². The van der Waals surface area contributed by atoms with Crippen LogP contribution in [0.2, 0.25) is 0 Å². The van der Waals surface area contributed by atoms with Gasteiger partial charge in [-0.15, -0.1) is 0 Å². The van der Waals surface area contributed by atoms with Gasteiger partial charge in [-0.05, 0) is 24.8 Å². The Bertz CT molecular complexity index is 422. The topological polar surface area (TPSA) is 41.5 Å². The first-order valence-electron chi connectivity index (χ1n) is 8.24. The minimum atomic E-state index is 0.716. The van der Waals surface area contributed by atoms with Gasteiger partial charge in [0.1, 0.15) is 0 Å². The van der Waals surface area contributed by atoms with Gasteiger partial charge in [0.15, 0.2) is 0 Å². The monoisotopic (exact) mass is 290 g/mol. The van der Waals surface area contributed by atoms with Crippen LogP contribution in [0.1, 0.15) is 31.7 Å². The number of hydrogen-bond acceptors (Lipinski definition) is 5. The molecule has 0 bridgehead atoms. The number of aromatic nitrogens is 2. The van der Waals surface area contributed by atoms with E-state index in [2.05, 4.69) is 26.7 Å². The van der Waals surface area contributed by atoms with Gasteiger partial charge >= 0.3 is 0 Å². The van der Waals surface area contributed by atoms with Gasteiger partial charge in [-0.25, -0.2) is 9.97 Å². The van der Waals surface area contributed by atoms with Crippen molar-refractivity contribution in [2.75, 3.05) is 44.3 Å². The maximum atomic E-state index is 5.45. The number of ether oxygens (including phenoxy) is 1. The van der Waals surface area contributed by atoms with Gasteiger partial charge in [0, 0.05) is 57.8 Å². The van der Waals surface area contributed by atoms with Gasteiger partial charge < -0.3 is 9.64 Å². The van der Waals surface area contributed by atoms with Gasteiger partial charge in [0.25, 0.3) is 0 Å². The molecule has 1 aromatic heterocycles. The fourth-order valence-corrected chi connectivity index (χ4v) is 3.27. The Hall–Kier alpha value is -1.20. The summed E-state index contributed by atoms with van der Waals surface area (Å²) in [6.45, 7) is 8.33. The number of piperazine rings is 1. The van der Waals surface area contributed by atoms with Crippen LogP contribution in [0.4, 0.5) is 5.95 Å². The first-order chi connectivity index (χ1) is 10.4. The summed E-state index contributed by atoms with van der Waals surface area (Å²) in [5.74, 6) is 0.890. The summed E-state index contributed by atoms with van der Waals surface area (Å²) in [6.07, 6.45) is 8.54. The Balaban J connectivity index is 1.52. The van der Waals surface area contributed by atoms with Crippen LogP contribution in [0.25, 0.3) is 0 Å². The predicted molar refractivity (Wildman–Crippen MR) is 83.7 cm³/mol. The van der Waals surface area contributed by atoms with Crippen molar-refractivity contribution in [1.29, 1.82) is 0 Å². The highest BCUT2D eigenvalue weighted by molar-refractivity contribution is 5.30. The van der Waals surface area contributed by atoms with E-state index in [9.17, 15) is 0 Å². The van der Waals surface area contributed by atoms with Crippen molar-refractivity contribution in [3.05, 3.63) is 18.0 Å². The molecule has 3 rings (SSSR count).